The molecule has 2 rings (SSSR count). The summed E-state index contributed by atoms with van der Waals surface area (Å²) in [6.45, 7) is 5.12. The molecule has 0 bridgehead atoms. The number of halogens is 1. The van der Waals surface area contributed by atoms with Crippen LogP contribution in [0, 0.1) is 5.92 Å². The maximum atomic E-state index is 12.2. The van der Waals surface area contributed by atoms with Crippen LogP contribution in [0.1, 0.15) is 13.8 Å². The molecule has 0 radical (unpaired) electrons. The van der Waals surface area contributed by atoms with E-state index in [9.17, 15) is 8.42 Å². The predicted molar refractivity (Wildman–Crippen MR) is 92.0 cm³/mol. The summed E-state index contributed by atoms with van der Waals surface area (Å²) in [6, 6.07) is 13.2. The van der Waals surface area contributed by atoms with E-state index < -0.39 is 10.0 Å². The number of hydrogen-bond acceptors (Lipinski definition) is 3. The topological polar surface area (TPSA) is 58.2 Å². The molecule has 0 aliphatic heterocycles. The van der Waals surface area contributed by atoms with Gasteiger partial charge >= 0.3 is 0 Å². The monoisotopic (exact) mass is 338 g/mol. The van der Waals surface area contributed by atoms with E-state index in [0.29, 0.717) is 16.6 Å². The highest BCUT2D eigenvalue weighted by Gasteiger charge is 2.13. The molecule has 0 aliphatic rings. The Morgan fingerprint density at radius 1 is 0.955 bits per heavy atom. The fraction of sp³-hybridized carbons (Fsp3) is 0.250. The van der Waals surface area contributed by atoms with Crippen LogP contribution in [0.25, 0.3) is 0 Å². The van der Waals surface area contributed by atoms with Crippen LogP contribution in [-0.4, -0.2) is 15.0 Å². The SMILES string of the molecule is CC(C)CNc1ccc(NS(=O)(=O)c2ccc(Cl)cc2)cc1. The zero-order valence-corrected chi connectivity index (χ0v) is 14.1. The Morgan fingerprint density at radius 3 is 2.05 bits per heavy atom. The van der Waals surface area contributed by atoms with Crippen molar-refractivity contribution in [3.63, 3.8) is 0 Å². The second-order valence-corrected chi connectivity index (χ2v) is 7.53. The van der Waals surface area contributed by atoms with Gasteiger partial charge in [-0.1, -0.05) is 25.4 Å². The lowest BCUT2D eigenvalue weighted by atomic mass is 10.2. The summed E-state index contributed by atoms with van der Waals surface area (Å²) in [6.07, 6.45) is 0. The highest BCUT2D eigenvalue weighted by Crippen LogP contribution is 2.20. The Hall–Kier alpha value is -1.72. The smallest absolute Gasteiger partial charge is 0.261 e. The number of rotatable bonds is 6. The van der Waals surface area contributed by atoms with Gasteiger partial charge in [-0.25, -0.2) is 8.42 Å². The second kappa shape index (κ2) is 7.03. The maximum absolute atomic E-state index is 12.2. The molecule has 0 aromatic heterocycles. The first-order valence-corrected chi connectivity index (χ1v) is 8.85. The molecule has 4 nitrogen and oxygen atoms in total. The van der Waals surface area contributed by atoms with Crippen LogP contribution in [0.5, 0.6) is 0 Å². The Labute approximate surface area is 136 Å². The van der Waals surface area contributed by atoms with E-state index in [1.54, 1.807) is 24.3 Å². The first kappa shape index (κ1) is 16.6. The molecule has 0 fully saturated rings. The van der Waals surface area contributed by atoms with Crippen molar-refractivity contribution in [1.82, 2.24) is 0 Å². The first-order valence-electron chi connectivity index (χ1n) is 6.99. The van der Waals surface area contributed by atoms with Crippen molar-refractivity contribution in [2.24, 2.45) is 5.92 Å². The zero-order valence-electron chi connectivity index (χ0n) is 12.5. The third-order valence-corrected chi connectivity index (χ3v) is 4.62. The predicted octanol–water partition coefficient (Wildman–Crippen LogP) is 4.21. The molecule has 2 N–H and O–H groups in total. The van der Waals surface area contributed by atoms with Gasteiger partial charge in [0.2, 0.25) is 0 Å². The van der Waals surface area contributed by atoms with Crippen LogP contribution >= 0.6 is 11.6 Å². The number of sulfonamides is 1. The summed E-state index contributed by atoms with van der Waals surface area (Å²) < 4.78 is 27.0. The van der Waals surface area contributed by atoms with E-state index in [1.165, 1.54) is 12.1 Å². The van der Waals surface area contributed by atoms with E-state index >= 15 is 0 Å². The van der Waals surface area contributed by atoms with Gasteiger partial charge in [-0.3, -0.25) is 4.72 Å². The van der Waals surface area contributed by atoms with Gasteiger partial charge in [0.25, 0.3) is 10.0 Å². The summed E-state index contributed by atoms with van der Waals surface area (Å²) in [4.78, 5) is 0.180. The Kier molecular flexibility index (Phi) is 5.32. The van der Waals surface area contributed by atoms with E-state index in [-0.39, 0.29) is 4.90 Å². The zero-order chi connectivity index (χ0) is 16.2. The highest BCUT2D eigenvalue weighted by atomic mass is 35.5. The molecule has 22 heavy (non-hydrogen) atoms. The average Bonchev–Trinajstić information content (AvgIpc) is 2.46. The van der Waals surface area contributed by atoms with Crippen molar-refractivity contribution >= 4 is 33.0 Å². The molecule has 118 valence electrons. The minimum atomic E-state index is -3.60. The molecule has 0 saturated heterocycles. The van der Waals surface area contributed by atoms with E-state index in [2.05, 4.69) is 23.9 Å². The molecular weight excluding hydrogens is 320 g/mol. The van der Waals surface area contributed by atoms with Gasteiger partial charge in [0, 0.05) is 22.9 Å². The lowest BCUT2D eigenvalue weighted by molar-refractivity contribution is 0.601. The minimum absolute atomic E-state index is 0.180. The van der Waals surface area contributed by atoms with Crippen molar-refractivity contribution in [2.45, 2.75) is 18.7 Å². The van der Waals surface area contributed by atoms with E-state index in [1.807, 2.05) is 12.1 Å². The standard InChI is InChI=1S/C16H19ClN2O2S/c1-12(2)11-18-14-5-7-15(8-6-14)19-22(20,21)16-9-3-13(17)4-10-16/h3-10,12,18-19H,11H2,1-2H3. The largest absolute Gasteiger partial charge is 0.385 e. The third-order valence-electron chi connectivity index (χ3n) is 2.98. The van der Waals surface area contributed by atoms with Crippen molar-refractivity contribution in [3.05, 3.63) is 53.6 Å². The molecular formula is C16H19ClN2O2S. The second-order valence-electron chi connectivity index (χ2n) is 5.41. The van der Waals surface area contributed by atoms with Crippen molar-refractivity contribution < 1.29 is 8.42 Å². The molecule has 0 aliphatic carbocycles. The Morgan fingerprint density at radius 2 is 1.50 bits per heavy atom. The third kappa shape index (κ3) is 4.64. The average molecular weight is 339 g/mol. The van der Waals surface area contributed by atoms with Gasteiger partial charge in [0.15, 0.2) is 0 Å². The van der Waals surface area contributed by atoms with Gasteiger partial charge in [0.1, 0.15) is 0 Å². The van der Waals surface area contributed by atoms with Crippen LogP contribution in [-0.2, 0) is 10.0 Å². The normalized spacial score (nSPS) is 11.5. The minimum Gasteiger partial charge on any atom is -0.385 e. The summed E-state index contributed by atoms with van der Waals surface area (Å²) in [5.41, 5.74) is 1.48. The molecule has 0 amide bonds. The van der Waals surface area contributed by atoms with Crippen molar-refractivity contribution in [2.75, 3.05) is 16.6 Å². The van der Waals surface area contributed by atoms with Gasteiger partial charge in [-0.15, -0.1) is 0 Å². The molecule has 0 heterocycles. The first-order chi connectivity index (χ1) is 10.4. The van der Waals surface area contributed by atoms with Crippen LogP contribution in [0.2, 0.25) is 5.02 Å². The van der Waals surface area contributed by atoms with Crippen LogP contribution in [0.3, 0.4) is 0 Å². The van der Waals surface area contributed by atoms with Gasteiger partial charge < -0.3 is 5.32 Å². The summed E-state index contributed by atoms with van der Waals surface area (Å²) >= 11 is 5.77. The van der Waals surface area contributed by atoms with Crippen LogP contribution in [0.4, 0.5) is 11.4 Å². The number of nitrogens with one attached hydrogen (secondary N) is 2. The van der Waals surface area contributed by atoms with Gasteiger partial charge in [0.05, 0.1) is 4.90 Å². The fourth-order valence-electron chi connectivity index (χ4n) is 1.81. The number of hydrogen-bond donors (Lipinski definition) is 2. The van der Waals surface area contributed by atoms with Gasteiger partial charge in [-0.05, 0) is 54.4 Å². The lowest BCUT2D eigenvalue weighted by Gasteiger charge is -2.11. The molecule has 0 saturated carbocycles. The molecule has 0 atom stereocenters. The molecule has 0 unspecified atom stereocenters. The molecule has 0 spiro atoms. The van der Waals surface area contributed by atoms with Crippen molar-refractivity contribution in [1.29, 1.82) is 0 Å². The van der Waals surface area contributed by atoms with Crippen LogP contribution in [0.15, 0.2) is 53.4 Å². The highest BCUT2D eigenvalue weighted by molar-refractivity contribution is 7.92. The summed E-state index contributed by atoms with van der Waals surface area (Å²) in [7, 11) is -3.60. The summed E-state index contributed by atoms with van der Waals surface area (Å²) in [5, 5.41) is 3.78. The lowest BCUT2D eigenvalue weighted by Crippen LogP contribution is -2.13. The van der Waals surface area contributed by atoms with Gasteiger partial charge in [-0.2, -0.15) is 0 Å². The molecule has 2 aromatic carbocycles. The molecule has 2 aromatic rings. The Balaban J connectivity index is 2.08. The van der Waals surface area contributed by atoms with E-state index in [0.717, 1.165) is 12.2 Å². The van der Waals surface area contributed by atoms with E-state index in [4.69, 9.17) is 11.6 Å². The Bertz CT molecular complexity index is 711. The fourth-order valence-corrected chi connectivity index (χ4v) is 2.99. The molecule has 6 heteroatoms. The van der Waals surface area contributed by atoms with Crippen molar-refractivity contribution in [3.8, 4) is 0 Å². The summed E-state index contributed by atoms with van der Waals surface area (Å²) in [5.74, 6) is 0.545. The van der Waals surface area contributed by atoms with Crippen LogP contribution < -0.4 is 10.0 Å². The number of benzene rings is 2. The quantitative estimate of drug-likeness (QED) is 0.829. The number of anilines is 2. The maximum Gasteiger partial charge on any atom is 0.261 e.